The minimum Gasteiger partial charge on any atom is -0.491 e. The van der Waals surface area contributed by atoms with Crippen LogP contribution in [0.5, 0.6) is 5.75 Å². The highest BCUT2D eigenvalue weighted by atomic mass is 16.6. The Labute approximate surface area is 188 Å². The van der Waals surface area contributed by atoms with Crippen molar-refractivity contribution in [1.82, 2.24) is 5.32 Å². The molecule has 0 aliphatic rings. The Bertz CT molecular complexity index is 773. The summed E-state index contributed by atoms with van der Waals surface area (Å²) in [6.45, 7) is 11.6. The molecular formula is C23H31NO8. The van der Waals surface area contributed by atoms with Crippen LogP contribution < -0.4 is 10.1 Å². The molecule has 9 nitrogen and oxygen atoms in total. The number of amides is 1. The summed E-state index contributed by atoms with van der Waals surface area (Å²) < 4.78 is 25.7. The summed E-state index contributed by atoms with van der Waals surface area (Å²) in [5.41, 5.74) is 1.70. The van der Waals surface area contributed by atoms with Crippen LogP contribution in [0.4, 0.5) is 4.79 Å². The lowest BCUT2D eigenvalue weighted by Crippen LogP contribution is -2.29. The first-order chi connectivity index (χ1) is 15.3. The first-order valence-corrected chi connectivity index (χ1v) is 10.1. The molecule has 0 aliphatic heterocycles. The monoisotopic (exact) mass is 449 g/mol. The molecule has 176 valence electrons. The van der Waals surface area contributed by atoms with Gasteiger partial charge in [-0.05, 0) is 31.5 Å². The number of hydrogen-bond donors (Lipinski definition) is 1. The normalized spacial score (nSPS) is 10.1. The van der Waals surface area contributed by atoms with E-state index >= 15 is 0 Å². The Kier molecular flexibility index (Phi) is 12.9. The van der Waals surface area contributed by atoms with Crippen LogP contribution in [0.1, 0.15) is 19.4 Å². The summed E-state index contributed by atoms with van der Waals surface area (Å²) in [4.78, 5) is 33.9. The van der Waals surface area contributed by atoms with E-state index in [9.17, 15) is 14.4 Å². The second-order valence-electron chi connectivity index (χ2n) is 6.75. The van der Waals surface area contributed by atoms with E-state index in [0.29, 0.717) is 43.1 Å². The SMILES string of the molecule is C=C(C)C(=O)OCCNC(=O)OCCOCCOc1ccc(CCOC(=O)C(=C)C)cc1. The highest BCUT2D eigenvalue weighted by Gasteiger charge is 2.05. The van der Waals surface area contributed by atoms with E-state index in [-0.39, 0.29) is 26.4 Å². The standard InChI is InChI=1S/C23H31NO8/c1-17(2)21(25)30-11-9-19-5-7-20(8-6-19)29-15-13-28-14-16-32-23(27)24-10-12-31-22(26)18(3)4/h5-8H,1,3,9-16H2,2,4H3,(H,24,27). The third-order valence-electron chi connectivity index (χ3n) is 3.81. The lowest BCUT2D eigenvalue weighted by atomic mass is 10.1. The van der Waals surface area contributed by atoms with Crippen molar-refractivity contribution in [2.45, 2.75) is 20.3 Å². The first kappa shape index (κ1) is 26.7. The Hall–Kier alpha value is -3.33. The van der Waals surface area contributed by atoms with Gasteiger partial charge in [0.25, 0.3) is 0 Å². The van der Waals surface area contributed by atoms with Crippen molar-refractivity contribution in [3.05, 3.63) is 54.1 Å². The fourth-order valence-electron chi connectivity index (χ4n) is 2.12. The molecule has 1 rings (SSSR count). The van der Waals surface area contributed by atoms with E-state index in [2.05, 4.69) is 18.5 Å². The van der Waals surface area contributed by atoms with Gasteiger partial charge in [-0.2, -0.15) is 0 Å². The zero-order valence-corrected chi connectivity index (χ0v) is 18.6. The molecule has 1 aromatic carbocycles. The van der Waals surface area contributed by atoms with Gasteiger partial charge in [0.2, 0.25) is 0 Å². The fraction of sp³-hybridized carbons (Fsp3) is 0.435. The maximum atomic E-state index is 11.5. The molecule has 9 heteroatoms. The van der Waals surface area contributed by atoms with Crippen molar-refractivity contribution in [3.63, 3.8) is 0 Å². The van der Waals surface area contributed by atoms with E-state index in [4.69, 9.17) is 23.7 Å². The highest BCUT2D eigenvalue weighted by molar-refractivity contribution is 5.87. The molecule has 0 heterocycles. The van der Waals surface area contributed by atoms with Crippen LogP contribution in [0, 0.1) is 0 Å². The molecule has 0 aromatic heterocycles. The molecule has 0 saturated heterocycles. The number of carbonyl (C=O) groups is 3. The maximum absolute atomic E-state index is 11.5. The number of carbonyl (C=O) groups excluding carboxylic acids is 3. The molecule has 0 atom stereocenters. The molecule has 1 N–H and O–H groups in total. The van der Waals surface area contributed by atoms with Crippen molar-refractivity contribution in [3.8, 4) is 5.75 Å². The average molecular weight is 450 g/mol. The zero-order valence-electron chi connectivity index (χ0n) is 18.6. The van der Waals surface area contributed by atoms with E-state index in [1.165, 1.54) is 0 Å². The number of alkyl carbamates (subject to hydrolysis) is 1. The number of rotatable bonds is 15. The molecular weight excluding hydrogens is 418 g/mol. The molecule has 0 bridgehead atoms. The van der Waals surface area contributed by atoms with Crippen LogP contribution in [-0.2, 0) is 35.0 Å². The van der Waals surface area contributed by atoms with Crippen LogP contribution >= 0.6 is 0 Å². The summed E-state index contributed by atoms with van der Waals surface area (Å²) in [6.07, 6.45) is -0.0129. The Morgan fingerprint density at radius 3 is 2.00 bits per heavy atom. The summed E-state index contributed by atoms with van der Waals surface area (Å²) >= 11 is 0. The van der Waals surface area contributed by atoms with Crippen molar-refractivity contribution >= 4 is 18.0 Å². The van der Waals surface area contributed by atoms with Crippen LogP contribution in [0.15, 0.2) is 48.6 Å². The number of esters is 2. The molecule has 1 aromatic rings. The molecule has 0 fully saturated rings. The van der Waals surface area contributed by atoms with Gasteiger partial charge >= 0.3 is 18.0 Å². The van der Waals surface area contributed by atoms with Crippen LogP contribution in [0.2, 0.25) is 0 Å². The van der Waals surface area contributed by atoms with Crippen molar-refractivity contribution < 1.29 is 38.1 Å². The second kappa shape index (κ2) is 15.5. The summed E-state index contributed by atoms with van der Waals surface area (Å²) in [7, 11) is 0. The number of ether oxygens (including phenoxy) is 5. The van der Waals surface area contributed by atoms with Crippen LogP contribution in [0.3, 0.4) is 0 Å². The Balaban J connectivity index is 2.03. The summed E-state index contributed by atoms with van der Waals surface area (Å²) in [6, 6.07) is 7.46. The van der Waals surface area contributed by atoms with Gasteiger partial charge in [-0.3, -0.25) is 0 Å². The molecule has 0 saturated carbocycles. The molecule has 32 heavy (non-hydrogen) atoms. The first-order valence-electron chi connectivity index (χ1n) is 10.1. The average Bonchev–Trinajstić information content (AvgIpc) is 2.76. The summed E-state index contributed by atoms with van der Waals surface area (Å²) in [5, 5.41) is 2.45. The zero-order chi connectivity index (χ0) is 23.8. The van der Waals surface area contributed by atoms with Crippen molar-refractivity contribution in [2.75, 3.05) is 46.2 Å². The lowest BCUT2D eigenvalue weighted by molar-refractivity contribution is -0.139. The second-order valence-corrected chi connectivity index (χ2v) is 6.75. The van der Waals surface area contributed by atoms with Gasteiger partial charge in [0.1, 0.15) is 25.6 Å². The van der Waals surface area contributed by atoms with Gasteiger partial charge in [0, 0.05) is 17.6 Å². The Morgan fingerprint density at radius 1 is 0.781 bits per heavy atom. The van der Waals surface area contributed by atoms with Gasteiger partial charge in [-0.1, -0.05) is 25.3 Å². The molecule has 0 unspecified atom stereocenters. The minimum absolute atomic E-state index is 0.0398. The number of benzene rings is 1. The third kappa shape index (κ3) is 12.4. The van der Waals surface area contributed by atoms with E-state index in [0.717, 1.165) is 5.56 Å². The maximum Gasteiger partial charge on any atom is 0.407 e. The molecule has 0 radical (unpaired) electrons. The van der Waals surface area contributed by atoms with Gasteiger partial charge in [-0.25, -0.2) is 14.4 Å². The molecule has 0 spiro atoms. The lowest BCUT2D eigenvalue weighted by Gasteiger charge is -2.09. The van der Waals surface area contributed by atoms with Crippen molar-refractivity contribution in [1.29, 1.82) is 0 Å². The quantitative estimate of drug-likeness (QED) is 0.188. The Morgan fingerprint density at radius 2 is 1.38 bits per heavy atom. The van der Waals surface area contributed by atoms with E-state index in [1.54, 1.807) is 13.8 Å². The fourth-order valence-corrected chi connectivity index (χ4v) is 2.12. The smallest absolute Gasteiger partial charge is 0.407 e. The number of hydrogen-bond acceptors (Lipinski definition) is 8. The third-order valence-corrected chi connectivity index (χ3v) is 3.81. The van der Waals surface area contributed by atoms with Gasteiger partial charge < -0.3 is 29.0 Å². The largest absolute Gasteiger partial charge is 0.491 e. The van der Waals surface area contributed by atoms with Crippen LogP contribution in [0.25, 0.3) is 0 Å². The van der Waals surface area contributed by atoms with Gasteiger partial charge in [0.15, 0.2) is 0 Å². The van der Waals surface area contributed by atoms with E-state index < -0.39 is 18.0 Å². The van der Waals surface area contributed by atoms with Gasteiger partial charge in [0.05, 0.1) is 26.4 Å². The molecule has 1 amide bonds. The highest BCUT2D eigenvalue weighted by Crippen LogP contribution is 2.12. The van der Waals surface area contributed by atoms with Crippen molar-refractivity contribution in [2.24, 2.45) is 0 Å². The van der Waals surface area contributed by atoms with Crippen LogP contribution in [-0.4, -0.2) is 64.2 Å². The predicted molar refractivity (Wildman–Crippen MR) is 117 cm³/mol. The minimum atomic E-state index is -0.620. The van der Waals surface area contributed by atoms with E-state index in [1.807, 2.05) is 24.3 Å². The number of nitrogens with one attached hydrogen (secondary N) is 1. The predicted octanol–water partition coefficient (Wildman–Crippen LogP) is 2.59. The van der Waals surface area contributed by atoms with Gasteiger partial charge in [-0.15, -0.1) is 0 Å². The summed E-state index contributed by atoms with van der Waals surface area (Å²) in [5.74, 6) is -0.204. The molecule has 0 aliphatic carbocycles. The topological polar surface area (TPSA) is 109 Å².